The van der Waals surface area contributed by atoms with Crippen molar-refractivity contribution in [3.05, 3.63) is 18.5 Å². The van der Waals surface area contributed by atoms with Gasteiger partial charge in [-0.3, -0.25) is 4.98 Å². The van der Waals surface area contributed by atoms with Gasteiger partial charge in [0.1, 0.15) is 0 Å². The number of nitrogens with one attached hydrogen (secondary N) is 1. The Morgan fingerprint density at radius 2 is 2.15 bits per heavy atom. The highest BCUT2D eigenvalue weighted by Crippen LogP contribution is 2.20. The molecule has 0 unspecified atom stereocenters. The van der Waals surface area contributed by atoms with Crippen LogP contribution in [0.25, 0.3) is 0 Å². The average molecular weight is 178 g/mol. The molecule has 0 amide bonds. The van der Waals surface area contributed by atoms with E-state index < -0.39 is 0 Å². The third kappa shape index (κ3) is 1.72. The summed E-state index contributed by atoms with van der Waals surface area (Å²) in [4.78, 5) is 6.26. The van der Waals surface area contributed by atoms with Crippen molar-refractivity contribution in [1.82, 2.24) is 10.3 Å². The molecule has 4 nitrogen and oxygen atoms in total. The summed E-state index contributed by atoms with van der Waals surface area (Å²) in [5.41, 5.74) is 7.70. The molecule has 0 aromatic carbocycles. The third-order valence-corrected chi connectivity index (χ3v) is 2.29. The lowest BCUT2D eigenvalue weighted by Crippen LogP contribution is -2.43. The lowest BCUT2D eigenvalue weighted by molar-refractivity contribution is 0.589. The molecule has 1 aliphatic rings. The number of nitrogen functional groups attached to an aromatic ring is 1. The number of aromatic nitrogens is 1. The maximum Gasteiger partial charge on any atom is 0.0738 e. The summed E-state index contributed by atoms with van der Waals surface area (Å²) in [6.07, 6.45) is 3.49. The van der Waals surface area contributed by atoms with Gasteiger partial charge in [0.2, 0.25) is 0 Å². The first-order valence-electron chi connectivity index (χ1n) is 4.53. The molecular weight excluding hydrogens is 164 g/mol. The van der Waals surface area contributed by atoms with E-state index in [-0.39, 0.29) is 0 Å². The summed E-state index contributed by atoms with van der Waals surface area (Å²) >= 11 is 0. The Morgan fingerprint density at radius 1 is 1.38 bits per heavy atom. The van der Waals surface area contributed by atoms with Gasteiger partial charge in [0.05, 0.1) is 17.6 Å². The first kappa shape index (κ1) is 8.31. The fourth-order valence-corrected chi connectivity index (χ4v) is 1.59. The summed E-state index contributed by atoms with van der Waals surface area (Å²) in [7, 11) is 0. The molecule has 0 aliphatic carbocycles. The van der Waals surface area contributed by atoms with Crippen LogP contribution in [-0.2, 0) is 0 Å². The van der Waals surface area contributed by atoms with Crippen molar-refractivity contribution in [2.24, 2.45) is 0 Å². The molecule has 0 atom stereocenters. The van der Waals surface area contributed by atoms with E-state index >= 15 is 0 Å². The Kier molecular flexibility index (Phi) is 2.31. The minimum absolute atomic E-state index is 0.768. The van der Waals surface area contributed by atoms with E-state index in [9.17, 15) is 0 Å². The molecule has 0 spiro atoms. The van der Waals surface area contributed by atoms with Gasteiger partial charge in [0.25, 0.3) is 0 Å². The number of rotatable bonds is 1. The van der Waals surface area contributed by atoms with E-state index in [4.69, 9.17) is 5.73 Å². The molecule has 1 aromatic rings. The lowest BCUT2D eigenvalue weighted by Gasteiger charge is -2.30. The highest BCUT2D eigenvalue weighted by Gasteiger charge is 2.11. The van der Waals surface area contributed by atoms with Gasteiger partial charge >= 0.3 is 0 Å². The van der Waals surface area contributed by atoms with Crippen molar-refractivity contribution >= 4 is 11.4 Å². The lowest BCUT2D eigenvalue weighted by atomic mass is 10.2. The highest BCUT2D eigenvalue weighted by molar-refractivity contribution is 5.66. The second-order valence-electron chi connectivity index (χ2n) is 3.17. The van der Waals surface area contributed by atoms with E-state index in [2.05, 4.69) is 15.2 Å². The van der Waals surface area contributed by atoms with E-state index in [0.717, 1.165) is 37.6 Å². The SMILES string of the molecule is Nc1cnccc1N1CCNCC1. The van der Waals surface area contributed by atoms with Crippen LogP contribution in [0.4, 0.5) is 11.4 Å². The molecule has 3 N–H and O–H groups in total. The molecule has 0 bridgehead atoms. The summed E-state index contributed by atoms with van der Waals surface area (Å²) < 4.78 is 0. The van der Waals surface area contributed by atoms with Crippen molar-refractivity contribution in [2.75, 3.05) is 36.8 Å². The van der Waals surface area contributed by atoms with Crippen LogP contribution in [0.1, 0.15) is 0 Å². The number of piperazine rings is 1. The summed E-state index contributed by atoms with van der Waals surface area (Å²) in [6, 6.07) is 1.97. The fourth-order valence-electron chi connectivity index (χ4n) is 1.59. The van der Waals surface area contributed by atoms with Crippen LogP contribution in [0, 0.1) is 0 Å². The van der Waals surface area contributed by atoms with Gasteiger partial charge in [0.15, 0.2) is 0 Å². The van der Waals surface area contributed by atoms with E-state index in [1.807, 2.05) is 6.07 Å². The number of nitrogens with zero attached hydrogens (tertiary/aromatic N) is 2. The number of pyridine rings is 1. The monoisotopic (exact) mass is 178 g/mol. The van der Waals surface area contributed by atoms with Crippen molar-refractivity contribution in [3.8, 4) is 0 Å². The minimum atomic E-state index is 0.768. The van der Waals surface area contributed by atoms with Crippen LogP contribution in [0.5, 0.6) is 0 Å². The van der Waals surface area contributed by atoms with Gasteiger partial charge in [-0.05, 0) is 6.07 Å². The fraction of sp³-hybridized carbons (Fsp3) is 0.444. The first-order valence-corrected chi connectivity index (χ1v) is 4.53. The number of anilines is 2. The van der Waals surface area contributed by atoms with Crippen LogP contribution in [0.15, 0.2) is 18.5 Å². The average Bonchev–Trinajstić information content (AvgIpc) is 2.20. The zero-order valence-corrected chi connectivity index (χ0v) is 7.53. The quantitative estimate of drug-likeness (QED) is 0.639. The molecule has 0 saturated carbocycles. The van der Waals surface area contributed by atoms with Gasteiger partial charge < -0.3 is 16.0 Å². The Balaban J connectivity index is 2.18. The smallest absolute Gasteiger partial charge is 0.0738 e. The normalized spacial score (nSPS) is 17.4. The van der Waals surface area contributed by atoms with Crippen molar-refractivity contribution < 1.29 is 0 Å². The summed E-state index contributed by atoms with van der Waals surface area (Å²) in [5.74, 6) is 0. The van der Waals surface area contributed by atoms with Crippen LogP contribution in [0.3, 0.4) is 0 Å². The zero-order valence-electron chi connectivity index (χ0n) is 7.53. The maximum atomic E-state index is 5.83. The summed E-state index contributed by atoms with van der Waals surface area (Å²) in [5, 5.41) is 3.31. The molecule has 1 aromatic heterocycles. The van der Waals surface area contributed by atoms with Crippen LogP contribution in [0.2, 0.25) is 0 Å². The van der Waals surface area contributed by atoms with Gasteiger partial charge in [0, 0.05) is 32.4 Å². The molecular formula is C9H14N4. The molecule has 1 fully saturated rings. The topological polar surface area (TPSA) is 54.2 Å². The van der Waals surface area contributed by atoms with Gasteiger partial charge in [-0.1, -0.05) is 0 Å². The van der Waals surface area contributed by atoms with Crippen LogP contribution in [-0.4, -0.2) is 31.2 Å². The highest BCUT2D eigenvalue weighted by atomic mass is 15.2. The molecule has 2 rings (SSSR count). The molecule has 4 heteroatoms. The summed E-state index contributed by atoms with van der Waals surface area (Å²) in [6.45, 7) is 4.10. The molecule has 0 radical (unpaired) electrons. The number of hydrogen-bond donors (Lipinski definition) is 2. The molecule has 1 aliphatic heterocycles. The van der Waals surface area contributed by atoms with E-state index in [0.29, 0.717) is 0 Å². The zero-order chi connectivity index (χ0) is 9.10. The minimum Gasteiger partial charge on any atom is -0.396 e. The number of hydrogen-bond acceptors (Lipinski definition) is 4. The van der Waals surface area contributed by atoms with Gasteiger partial charge in [-0.15, -0.1) is 0 Å². The van der Waals surface area contributed by atoms with Gasteiger partial charge in [-0.25, -0.2) is 0 Å². The number of nitrogens with two attached hydrogens (primary N) is 1. The second-order valence-corrected chi connectivity index (χ2v) is 3.17. The van der Waals surface area contributed by atoms with Crippen LogP contribution < -0.4 is 16.0 Å². The molecule has 70 valence electrons. The maximum absolute atomic E-state index is 5.83. The Hall–Kier alpha value is -1.29. The molecule has 2 heterocycles. The molecule has 1 saturated heterocycles. The standard InChI is InChI=1S/C9H14N4/c10-8-7-12-2-1-9(8)13-5-3-11-4-6-13/h1-2,7,11H,3-6,10H2. The first-order chi connectivity index (χ1) is 6.38. The van der Waals surface area contributed by atoms with E-state index in [1.165, 1.54) is 0 Å². The Morgan fingerprint density at radius 3 is 2.85 bits per heavy atom. The third-order valence-electron chi connectivity index (χ3n) is 2.29. The Bertz CT molecular complexity index is 281. The predicted molar refractivity (Wildman–Crippen MR) is 53.7 cm³/mol. The Labute approximate surface area is 77.8 Å². The largest absolute Gasteiger partial charge is 0.396 e. The second kappa shape index (κ2) is 3.62. The van der Waals surface area contributed by atoms with E-state index in [1.54, 1.807) is 12.4 Å². The van der Waals surface area contributed by atoms with Gasteiger partial charge in [-0.2, -0.15) is 0 Å². The van der Waals surface area contributed by atoms with Crippen molar-refractivity contribution in [2.45, 2.75) is 0 Å². The predicted octanol–water partition coefficient (Wildman–Crippen LogP) is 0.0734. The van der Waals surface area contributed by atoms with Crippen molar-refractivity contribution in [1.29, 1.82) is 0 Å². The van der Waals surface area contributed by atoms with Crippen molar-refractivity contribution in [3.63, 3.8) is 0 Å². The molecule has 13 heavy (non-hydrogen) atoms. The van der Waals surface area contributed by atoms with Crippen LogP contribution >= 0.6 is 0 Å².